The Morgan fingerprint density at radius 1 is 1.38 bits per heavy atom. The van der Waals surface area contributed by atoms with E-state index in [0.717, 1.165) is 0 Å². The molecule has 4 nitrogen and oxygen atoms in total. The molecule has 0 aliphatic carbocycles. The van der Waals surface area contributed by atoms with Crippen LogP contribution in [0.15, 0.2) is 28.7 Å². The summed E-state index contributed by atoms with van der Waals surface area (Å²) in [4.78, 5) is 11.8. The number of benzene rings is 2. The van der Waals surface area contributed by atoms with Gasteiger partial charge in [-0.15, -0.1) is 0 Å². The monoisotopic (exact) mass is 355 g/mol. The normalized spacial score (nSPS) is 11.5. The van der Waals surface area contributed by atoms with E-state index in [4.69, 9.17) is 4.74 Å². The van der Waals surface area contributed by atoms with Crippen molar-refractivity contribution in [1.82, 2.24) is 0 Å². The molecule has 0 aliphatic heterocycles. The minimum Gasteiger partial charge on any atom is -0.493 e. The van der Waals surface area contributed by atoms with Crippen molar-refractivity contribution >= 4 is 38.3 Å². The lowest BCUT2D eigenvalue weighted by molar-refractivity contribution is -0.130. The Hall–Kier alpha value is -1.66. The maximum Gasteiger partial charge on any atom is 0.255 e. The van der Waals surface area contributed by atoms with Crippen molar-refractivity contribution in [3.05, 3.63) is 34.6 Å². The first-order valence-corrected chi connectivity index (χ1v) is 7.03. The Balaban J connectivity index is 2.52. The van der Waals surface area contributed by atoms with Crippen LogP contribution < -0.4 is 10.1 Å². The third-order valence-corrected chi connectivity index (χ3v) is 3.62. The van der Waals surface area contributed by atoms with Crippen LogP contribution in [-0.4, -0.2) is 23.7 Å². The number of fused-ring (bicyclic) bond motifs is 1. The molecule has 0 atom stereocenters. The van der Waals surface area contributed by atoms with E-state index < -0.39 is 17.3 Å². The lowest BCUT2D eigenvalue weighted by Crippen LogP contribution is -2.36. The fourth-order valence-electron chi connectivity index (χ4n) is 1.91. The molecule has 2 aromatic rings. The lowest BCUT2D eigenvalue weighted by Gasteiger charge is -2.17. The molecule has 0 heterocycles. The number of amides is 1. The minimum absolute atomic E-state index is 0.139. The summed E-state index contributed by atoms with van der Waals surface area (Å²) in [6, 6.07) is 6.21. The van der Waals surface area contributed by atoms with Gasteiger partial charge in [0.15, 0.2) is 11.6 Å². The Labute approximate surface area is 130 Å². The van der Waals surface area contributed by atoms with Gasteiger partial charge >= 0.3 is 0 Å². The van der Waals surface area contributed by atoms with E-state index in [-0.39, 0.29) is 5.75 Å². The van der Waals surface area contributed by atoms with E-state index in [2.05, 4.69) is 21.2 Å². The van der Waals surface area contributed by atoms with Gasteiger partial charge in [-0.05, 0) is 53.4 Å². The van der Waals surface area contributed by atoms with Crippen LogP contribution in [0.3, 0.4) is 0 Å². The number of aliphatic hydroxyl groups is 1. The molecule has 0 radical (unpaired) electrons. The van der Waals surface area contributed by atoms with Crippen LogP contribution in [0, 0.1) is 5.82 Å². The van der Waals surface area contributed by atoms with Gasteiger partial charge in [0.25, 0.3) is 5.91 Å². The summed E-state index contributed by atoms with van der Waals surface area (Å²) in [7, 11) is 1.40. The fourth-order valence-corrected chi connectivity index (χ4v) is 2.57. The van der Waals surface area contributed by atoms with Crippen LogP contribution in [0.5, 0.6) is 5.75 Å². The molecular weight excluding hydrogens is 341 g/mol. The molecule has 0 saturated carbocycles. The molecule has 0 fully saturated rings. The summed E-state index contributed by atoms with van der Waals surface area (Å²) in [5.74, 6) is -0.846. The molecule has 0 saturated heterocycles. The largest absolute Gasteiger partial charge is 0.493 e. The highest BCUT2D eigenvalue weighted by molar-refractivity contribution is 9.10. The van der Waals surface area contributed by atoms with E-state index in [1.807, 2.05) is 0 Å². The molecular formula is C15H15BrFNO3. The third-order valence-electron chi connectivity index (χ3n) is 2.99. The summed E-state index contributed by atoms with van der Waals surface area (Å²) in [5, 5.41) is 13.6. The molecule has 0 bridgehead atoms. The van der Waals surface area contributed by atoms with Gasteiger partial charge in [-0.1, -0.05) is 6.07 Å². The van der Waals surface area contributed by atoms with E-state index in [1.165, 1.54) is 27.0 Å². The minimum atomic E-state index is -1.48. The number of carbonyl (C=O) groups excluding carboxylic acids is 1. The molecule has 6 heteroatoms. The predicted molar refractivity (Wildman–Crippen MR) is 83.1 cm³/mol. The number of nitrogens with one attached hydrogen (secondary N) is 1. The van der Waals surface area contributed by atoms with Crippen molar-refractivity contribution in [2.24, 2.45) is 0 Å². The van der Waals surface area contributed by atoms with E-state index in [1.54, 1.807) is 18.2 Å². The van der Waals surface area contributed by atoms with Gasteiger partial charge in [0, 0.05) is 15.5 Å². The molecule has 0 unspecified atom stereocenters. The number of methoxy groups -OCH3 is 1. The first-order valence-electron chi connectivity index (χ1n) is 6.23. The fraction of sp³-hybridized carbons (Fsp3) is 0.267. The molecule has 21 heavy (non-hydrogen) atoms. The second-order valence-corrected chi connectivity index (χ2v) is 6.00. The number of halogens is 2. The van der Waals surface area contributed by atoms with Crippen molar-refractivity contribution < 1.29 is 19.0 Å². The van der Waals surface area contributed by atoms with Gasteiger partial charge in [0.1, 0.15) is 5.60 Å². The van der Waals surface area contributed by atoms with Gasteiger partial charge in [-0.3, -0.25) is 4.79 Å². The predicted octanol–water partition coefficient (Wildman–Crippen LogP) is 3.46. The van der Waals surface area contributed by atoms with Crippen molar-refractivity contribution in [2.45, 2.75) is 19.4 Å². The van der Waals surface area contributed by atoms with Gasteiger partial charge in [0.05, 0.1) is 7.11 Å². The topological polar surface area (TPSA) is 58.6 Å². The average Bonchev–Trinajstić information content (AvgIpc) is 2.38. The highest BCUT2D eigenvalue weighted by atomic mass is 79.9. The molecule has 0 aliphatic rings. The van der Waals surface area contributed by atoms with Crippen molar-refractivity contribution in [3.8, 4) is 5.75 Å². The smallest absolute Gasteiger partial charge is 0.255 e. The van der Waals surface area contributed by atoms with Crippen LogP contribution in [0.4, 0.5) is 10.1 Å². The van der Waals surface area contributed by atoms with Crippen molar-refractivity contribution in [2.75, 3.05) is 12.4 Å². The molecule has 2 aromatic carbocycles. The number of hydrogen-bond acceptors (Lipinski definition) is 3. The Morgan fingerprint density at radius 3 is 2.62 bits per heavy atom. The standard InChI is InChI=1S/C15H15BrFNO3/c1-15(2,20)14(19)18-9-6-8-4-5-11(17)13(21-3)12(8)10(16)7-9/h4-7,20H,1-3H3,(H,18,19). The molecule has 2 N–H and O–H groups in total. The molecule has 0 aromatic heterocycles. The van der Waals surface area contributed by atoms with Crippen LogP contribution >= 0.6 is 15.9 Å². The van der Waals surface area contributed by atoms with E-state index in [9.17, 15) is 14.3 Å². The molecule has 1 amide bonds. The summed E-state index contributed by atoms with van der Waals surface area (Å²) >= 11 is 3.35. The quantitative estimate of drug-likeness (QED) is 0.886. The summed E-state index contributed by atoms with van der Waals surface area (Å²) in [6.45, 7) is 2.80. The first-order chi connectivity index (χ1) is 9.74. The number of hydrogen-bond donors (Lipinski definition) is 2. The van der Waals surface area contributed by atoms with Gasteiger partial charge in [0.2, 0.25) is 0 Å². The number of carbonyl (C=O) groups is 1. The van der Waals surface area contributed by atoms with E-state index in [0.29, 0.717) is 20.9 Å². The highest BCUT2D eigenvalue weighted by Gasteiger charge is 2.24. The SMILES string of the molecule is COc1c(F)ccc2cc(NC(=O)C(C)(C)O)cc(Br)c12. The summed E-state index contributed by atoms with van der Waals surface area (Å²) in [5.41, 5.74) is -0.989. The first kappa shape index (κ1) is 15.7. The van der Waals surface area contributed by atoms with Gasteiger partial charge < -0.3 is 15.2 Å². The zero-order chi connectivity index (χ0) is 15.8. The summed E-state index contributed by atoms with van der Waals surface area (Å²) in [6.07, 6.45) is 0. The lowest BCUT2D eigenvalue weighted by atomic mass is 10.1. The van der Waals surface area contributed by atoms with Crippen LogP contribution in [0.1, 0.15) is 13.8 Å². The number of ether oxygens (including phenoxy) is 1. The van der Waals surface area contributed by atoms with E-state index >= 15 is 0 Å². The Bertz CT molecular complexity index is 710. The Morgan fingerprint density at radius 2 is 2.05 bits per heavy atom. The Kier molecular flexibility index (Phi) is 4.20. The van der Waals surface area contributed by atoms with Crippen molar-refractivity contribution in [1.29, 1.82) is 0 Å². The zero-order valence-electron chi connectivity index (χ0n) is 11.8. The van der Waals surface area contributed by atoms with Gasteiger partial charge in [-0.2, -0.15) is 0 Å². The van der Waals surface area contributed by atoms with Crippen LogP contribution in [-0.2, 0) is 4.79 Å². The van der Waals surface area contributed by atoms with Gasteiger partial charge in [-0.25, -0.2) is 4.39 Å². The highest BCUT2D eigenvalue weighted by Crippen LogP contribution is 2.36. The zero-order valence-corrected chi connectivity index (χ0v) is 13.4. The van der Waals surface area contributed by atoms with Crippen LogP contribution in [0.2, 0.25) is 0 Å². The summed E-state index contributed by atoms with van der Waals surface area (Å²) < 4.78 is 19.4. The average molecular weight is 356 g/mol. The maximum atomic E-state index is 13.7. The molecule has 112 valence electrons. The number of anilines is 1. The molecule has 0 spiro atoms. The molecule has 2 rings (SSSR count). The number of rotatable bonds is 3. The maximum absolute atomic E-state index is 13.7. The third kappa shape index (κ3) is 3.16. The van der Waals surface area contributed by atoms with Crippen LogP contribution in [0.25, 0.3) is 10.8 Å². The van der Waals surface area contributed by atoms with Crippen molar-refractivity contribution in [3.63, 3.8) is 0 Å². The second-order valence-electron chi connectivity index (χ2n) is 5.15. The second kappa shape index (κ2) is 5.61.